The smallest absolute Gasteiger partial charge is 0.0463 e. The number of nitrogens with two attached hydrogens (primary N) is 1. The van der Waals surface area contributed by atoms with Gasteiger partial charge in [-0.15, -0.1) is 0 Å². The molecule has 0 spiro atoms. The molecule has 0 radical (unpaired) electrons. The van der Waals surface area contributed by atoms with Gasteiger partial charge in [0.15, 0.2) is 0 Å². The minimum atomic E-state index is 0.780. The van der Waals surface area contributed by atoms with Crippen LogP contribution in [0.2, 0.25) is 0 Å². The second-order valence-electron chi connectivity index (χ2n) is 4.78. The summed E-state index contributed by atoms with van der Waals surface area (Å²) in [6.45, 7) is 2.05. The monoisotopic (exact) mass is 248 g/mol. The van der Waals surface area contributed by atoms with Crippen molar-refractivity contribution in [2.45, 2.75) is 6.92 Å². The highest BCUT2D eigenvalue weighted by Gasteiger charge is 2.01. The van der Waals surface area contributed by atoms with Gasteiger partial charge in [-0.25, -0.2) is 0 Å². The van der Waals surface area contributed by atoms with Crippen molar-refractivity contribution in [3.05, 3.63) is 66.2 Å². The van der Waals surface area contributed by atoms with E-state index in [1.807, 2.05) is 19.1 Å². The molecular formula is C17H16N2. The Morgan fingerprint density at radius 2 is 1.68 bits per heavy atom. The molecule has 0 amide bonds. The van der Waals surface area contributed by atoms with Crippen LogP contribution in [0.1, 0.15) is 5.56 Å². The van der Waals surface area contributed by atoms with Crippen LogP contribution in [0.15, 0.2) is 60.7 Å². The predicted molar refractivity (Wildman–Crippen MR) is 82.8 cm³/mol. The molecule has 0 saturated heterocycles. The van der Waals surface area contributed by atoms with E-state index in [9.17, 15) is 0 Å². The third-order valence-corrected chi connectivity index (χ3v) is 3.17. The number of aryl methyl sites for hydroxylation is 1. The third kappa shape index (κ3) is 2.38. The molecule has 0 saturated carbocycles. The van der Waals surface area contributed by atoms with Crippen molar-refractivity contribution in [2.75, 3.05) is 11.1 Å². The van der Waals surface area contributed by atoms with Gasteiger partial charge in [0.2, 0.25) is 0 Å². The summed E-state index contributed by atoms with van der Waals surface area (Å²) in [4.78, 5) is 0. The average Bonchev–Trinajstić information content (AvgIpc) is 2.38. The number of nitrogen functional groups attached to an aromatic ring is 1. The third-order valence-electron chi connectivity index (χ3n) is 3.17. The zero-order valence-corrected chi connectivity index (χ0v) is 10.9. The maximum Gasteiger partial charge on any atom is 0.0463 e. The molecular weight excluding hydrogens is 232 g/mol. The molecule has 94 valence electrons. The SMILES string of the molecule is Cc1cc(N)cc(Nc2cccc3ccccc23)c1. The lowest BCUT2D eigenvalue weighted by Gasteiger charge is -2.11. The fourth-order valence-corrected chi connectivity index (χ4v) is 2.37. The number of anilines is 3. The van der Waals surface area contributed by atoms with E-state index in [2.05, 4.69) is 53.8 Å². The number of benzene rings is 3. The summed E-state index contributed by atoms with van der Waals surface area (Å²) in [5.74, 6) is 0. The molecule has 0 atom stereocenters. The van der Waals surface area contributed by atoms with Gasteiger partial charge in [-0.1, -0.05) is 36.4 Å². The Morgan fingerprint density at radius 3 is 2.53 bits per heavy atom. The first-order chi connectivity index (χ1) is 9.22. The summed E-state index contributed by atoms with van der Waals surface area (Å²) in [6.07, 6.45) is 0. The van der Waals surface area contributed by atoms with Crippen LogP contribution in [-0.4, -0.2) is 0 Å². The van der Waals surface area contributed by atoms with Crippen molar-refractivity contribution in [1.29, 1.82) is 0 Å². The first-order valence-electron chi connectivity index (χ1n) is 6.34. The summed E-state index contributed by atoms with van der Waals surface area (Å²) in [5, 5.41) is 5.89. The van der Waals surface area contributed by atoms with Gasteiger partial charge in [0.1, 0.15) is 0 Å². The molecule has 0 fully saturated rings. The van der Waals surface area contributed by atoms with Crippen LogP contribution in [0, 0.1) is 6.92 Å². The van der Waals surface area contributed by atoms with Crippen molar-refractivity contribution in [3.8, 4) is 0 Å². The molecule has 2 heteroatoms. The standard InChI is InChI=1S/C17H16N2/c1-12-9-14(18)11-15(10-12)19-17-8-4-6-13-5-2-3-7-16(13)17/h2-11,19H,18H2,1H3. The summed E-state index contributed by atoms with van der Waals surface area (Å²) in [6, 6.07) is 20.6. The number of fused-ring (bicyclic) bond motifs is 1. The normalized spacial score (nSPS) is 10.6. The van der Waals surface area contributed by atoms with E-state index in [0.717, 1.165) is 22.6 Å². The van der Waals surface area contributed by atoms with Gasteiger partial charge in [0.25, 0.3) is 0 Å². The van der Waals surface area contributed by atoms with Crippen LogP contribution in [-0.2, 0) is 0 Å². The van der Waals surface area contributed by atoms with E-state index >= 15 is 0 Å². The zero-order valence-electron chi connectivity index (χ0n) is 10.9. The molecule has 19 heavy (non-hydrogen) atoms. The summed E-state index contributed by atoms with van der Waals surface area (Å²) < 4.78 is 0. The van der Waals surface area contributed by atoms with E-state index in [0.29, 0.717) is 0 Å². The number of rotatable bonds is 2. The molecule has 0 aliphatic heterocycles. The molecule has 0 aromatic heterocycles. The van der Waals surface area contributed by atoms with Gasteiger partial charge in [-0.05, 0) is 42.1 Å². The Bertz CT molecular complexity index is 707. The fraction of sp³-hybridized carbons (Fsp3) is 0.0588. The van der Waals surface area contributed by atoms with E-state index in [1.54, 1.807) is 0 Å². The molecule has 0 heterocycles. The largest absolute Gasteiger partial charge is 0.399 e. The topological polar surface area (TPSA) is 38.0 Å². The minimum Gasteiger partial charge on any atom is -0.399 e. The number of hydrogen-bond acceptors (Lipinski definition) is 2. The van der Waals surface area contributed by atoms with E-state index in [-0.39, 0.29) is 0 Å². The average molecular weight is 248 g/mol. The Balaban J connectivity index is 2.05. The Hall–Kier alpha value is -2.48. The van der Waals surface area contributed by atoms with Crippen LogP contribution in [0.4, 0.5) is 17.1 Å². The summed E-state index contributed by atoms with van der Waals surface area (Å²) >= 11 is 0. The molecule has 0 unspecified atom stereocenters. The molecule has 3 aromatic rings. The molecule has 0 aliphatic rings. The maximum absolute atomic E-state index is 5.89. The van der Waals surface area contributed by atoms with Crippen LogP contribution in [0.5, 0.6) is 0 Å². The van der Waals surface area contributed by atoms with Crippen molar-refractivity contribution in [3.63, 3.8) is 0 Å². The van der Waals surface area contributed by atoms with Gasteiger partial charge in [-0.3, -0.25) is 0 Å². The van der Waals surface area contributed by atoms with Crippen molar-refractivity contribution >= 4 is 27.8 Å². The van der Waals surface area contributed by atoms with Gasteiger partial charge in [-0.2, -0.15) is 0 Å². The van der Waals surface area contributed by atoms with Crippen LogP contribution < -0.4 is 11.1 Å². The van der Waals surface area contributed by atoms with Crippen LogP contribution in [0.25, 0.3) is 10.8 Å². The maximum atomic E-state index is 5.89. The van der Waals surface area contributed by atoms with Crippen molar-refractivity contribution < 1.29 is 0 Å². The lowest BCUT2D eigenvalue weighted by Crippen LogP contribution is -1.94. The second kappa shape index (κ2) is 4.65. The fourth-order valence-electron chi connectivity index (χ4n) is 2.37. The lowest BCUT2D eigenvalue weighted by atomic mass is 10.1. The predicted octanol–water partition coefficient (Wildman–Crippen LogP) is 4.47. The van der Waals surface area contributed by atoms with Gasteiger partial charge < -0.3 is 11.1 Å². The molecule has 0 bridgehead atoms. The van der Waals surface area contributed by atoms with Crippen LogP contribution >= 0.6 is 0 Å². The van der Waals surface area contributed by atoms with E-state index in [4.69, 9.17) is 5.73 Å². The van der Waals surface area contributed by atoms with E-state index in [1.165, 1.54) is 10.8 Å². The first-order valence-corrected chi connectivity index (χ1v) is 6.34. The molecule has 3 aromatic carbocycles. The Kier molecular flexibility index (Phi) is 2.84. The summed E-state index contributed by atoms with van der Waals surface area (Å²) in [7, 11) is 0. The molecule has 0 aliphatic carbocycles. The second-order valence-corrected chi connectivity index (χ2v) is 4.78. The zero-order chi connectivity index (χ0) is 13.2. The Labute approximate surface area is 112 Å². The number of nitrogens with one attached hydrogen (secondary N) is 1. The van der Waals surface area contributed by atoms with E-state index < -0.39 is 0 Å². The van der Waals surface area contributed by atoms with Crippen molar-refractivity contribution in [1.82, 2.24) is 0 Å². The quantitative estimate of drug-likeness (QED) is 0.656. The lowest BCUT2D eigenvalue weighted by molar-refractivity contribution is 1.45. The molecule has 3 rings (SSSR count). The molecule has 2 nitrogen and oxygen atoms in total. The minimum absolute atomic E-state index is 0.780. The Morgan fingerprint density at radius 1 is 0.895 bits per heavy atom. The highest BCUT2D eigenvalue weighted by atomic mass is 14.9. The highest BCUT2D eigenvalue weighted by molar-refractivity contribution is 5.95. The molecule has 3 N–H and O–H groups in total. The summed E-state index contributed by atoms with van der Waals surface area (Å²) in [5.41, 5.74) is 9.94. The first kappa shape index (κ1) is 11.6. The van der Waals surface area contributed by atoms with Crippen LogP contribution in [0.3, 0.4) is 0 Å². The van der Waals surface area contributed by atoms with Gasteiger partial charge in [0, 0.05) is 22.4 Å². The van der Waals surface area contributed by atoms with Gasteiger partial charge >= 0.3 is 0 Å². The highest BCUT2D eigenvalue weighted by Crippen LogP contribution is 2.27. The van der Waals surface area contributed by atoms with Crippen molar-refractivity contribution in [2.24, 2.45) is 0 Å². The number of hydrogen-bond donors (Lipinski definition) is 2. The van der Waals surface area contributed by atoms with Gasteiger partial charge in [0.05, 0.1) is 0 Å².